The fourth-order valence-electron chi connectivity index (χ4n) is 3.18. The molecule has 0 spiro atoms. The predicted octanol–water partition coefficient (Wildman–Crippen LogP) is 2.94. The molecule has 1 aliphatic rings. The van der Waals surface area contributed by atoms with Crippen molar-refractivity contribution in [3.8, 4) is 0 Å². The highest BCUT2D eigenvalue weighted by Crippen LogP contribution is 2.34. The third-order valence-electron chi connectivity index (χ3n) is 4.86. The summed E-state index contributed by atoms with van der Waals surface area (Å²) >= 11 is 1.58. The van der Waals surface area contributed by atoms with Gasteiger partial charge in [0.05, 0.1) is 22.2 Å². The number of carbonyl (C=O) groups is 2. The number of nitrogens with two attached hydrogens (primary N) is 1. The Morgan fingerprint density at radius 2 is 2.11 bits per heavy atom. The fourth-order valence-corrected chi connectivity index (χ4v) is 3.91. The second-order valence-corrected chi connectivity index (χ2v) is 7.86. The minimum atomic E-state index is -0.776. The van der Waals surface area contributed by atoms with Crippen LogP contribution in [0.2, 0.25) is 0 Å². The third kappa shape index (κ3) is 3.22. The Kier molecular flexibility index (Phi) is 4.35. The molecule has 0 aliphatic carbocycles. The number of nitrogens with one attached hydrogen (secondary N) is 1. The summed E-state index contributed by atoms with van der Waals surface area (Å²) in [6.45, 7) is 1.86. The lowest BCUT2D eigenvalue weighted by atomic mass is 9.87. The van der Waals surface area contributed by atoms with Gasteiger partial charge in [0.15, 0.2) is 5.96 Å². The number of benzene rings is 1. The molecule has 0 unspecified atom stereocenters. The van der Waals surface area contributed by atoms with E-state index >= 15 is 0 Å². The average molecular weight is 393 g/mol. The van der Waals surface area contributed by atoms with Crippen molar-refractivity contribution < 1.29 is 9.59 Å². The number of carbonyl (C=O) groups excluding carboxylic acids is 2. The summed E-state index contributed by atoms with van der Waals surface area (Å²) in [6.07, 6.45) is 0.206. The molecule has 0 fully saturated rings. The molecular weight excluding hydrogens is 374 g/mol. The minimum absolute atomic E-state index is 0.0993. The Bertz CT molecular complexity index is 1120. The van der Waals surface area contributed by atoms with Crippen molar-refractivity contribution in [2.45, 2.75) is 18.9 Å². The van der Waals surface area contributed by atoms with Gasteiger partial charge in [0, 0.05) is 12.7 Å². The van der Waals surface area contributed by atoms with Crippen LogP contribution in [0.5, 0.6) is 0 Å². The first-order valence-corrected chi connectivity index (χ1v) is 9.62. The molecule has 0 bridgehead atoms. The molecule has 4 rings (SSSR count). The maximum Gasteiger partial charge on any atom is 0.274 e. The number of nitrogens with zero attached hydrogens (tertiary/aromatic N) is 3. The van der Waals surface area contributed by atoms with Gasteiger partial charge in [0.1, 0.15) is 5.69 Å². The molecule has 2 aromatic heterocycles. The lowest BCUT2D eigenvalue weighted by Crippen LogP contribution is -2.47. The first kappa shape index (κ1) is 18.1. The molecule has 142 valence electrons. The number of aromatic nitrogens is 1. The Labute approximate surface area is 165 Å². The van der Waals surface area contributed by atoms with E-state index in [1.165, 1.54) is 4.90 Å². The number of hydrogen-bond donors (Lipinski definition) is 2. The summed E-state index contributed by atoms with van der Waals surface area (Å²) in [5.41, 5.74) is 7.67. The van der Waals surface area contributed by atoms with Crippen molar-refractivity contribution >= 4 is 45.0 Å². The maximum atomic E-state index is 12.6. The number of anilines is 1. The van der Waals surface area contributed by atoms with Crippen LogP contribution in [0.1, 0.15) is 29.4 Å². The standard InChI is InChI=1S/C20H19N5O2S/c1-20(11-17(26)25(2)19(21)24-20)12-4-3-5-13(10-12)22-18(27)15-6-7-16-14(23-15)8-9-28-16/h3-10H,11H2,1-2H3,(H2,21,24)(H,22,27)/t20-/m0/s1. The molecule has 0 saturated carbocycles. The molecule has 8 heteroatoms. The van der Waals surface area contributed by atoms with Crippen LogP contribution < -0.4 is 11.1 Å². The van der Waals surface area contributed by atoms with Crippen molar-refractivity contribution in [1.29, 1.82) is 0 Å². The first-order chi connectivity index (χ1) is 13.4. The zero-order valence-electron chi connectivity index (χ0n) is 15.5. The quantitative estimate of drug-likeness (QED) is 0.714. The number of thiophene rings is 1. The number of guanidine groups is 1. The molecule has 3 heterocycles. The van der Waals surface area contributed by atoms with Crippen LogP contribution in [0.3, 0.4) is 0 Å². The van der Waals surface area contributed by atoms with Crippen LogP contribution in [-0.2, 0) is 10.3 Å². The van der Waals surface area contributed by atoms with E-state index in [9.17, 15) is 9.59 Å². The summed E-state index contributed by atoms with van der Waals surface area (Å²) in [7, 11) is 1.61. The number of pyridine rings is 1. The number of aliphatic imine (C=N–C) groups is 1. The number of rotatable bonds is 3. The minimum Gasteiger partial charge on any atom is -0.369 e. The number of hydrogen-bond acceptors (Lipinski definition) is 6. The molecule has 1 aromatic carbocycles. The van der Waals surface area contributed by atoms with Crippen LogP contribution in [0.25, 0.3) is 10.2 Å². The molecule has 2 amide bonds. The van der Waals surface area contributed by atoms with Gasteiger partial charge >= 0.3 is 0 Å². The average Bonchev–Trinajstić information content (AvgIpc) is 3.14. The van der Waals surface area contributed by atoms with Gasteiger partial charge in [0.2, 0.25) is 5.91 Å². The highest BCUT2D eigenvalue weighted by Gasteiger charge is 2.36. The Hall–Kier alpha value is -3.26. The fraction of sp³-hybridized carbons (Fsp3) is 0.200. The van der Waals surface area contributed by atoms with E-state index in [2.05, 4.69) is 15.3 Å². The van der Waals surface area contributed by atoms with Gasteiger partial charge in [0.25, 0.3) is 5.91 Å². The normalized spacial score (nSPS) is 19.6. The highest BCUT2D eigenvalue weighted by atomic mass is 32.1. The van der Waals surface area contributed by atoms with E-state index in [1.54, 1.807) is 30.5 Å². The molecule has 3 aromatic rings. The second kappa shape index (κ2) is 6.72. The van der Waals surface area contributed by atoms with Gasteiger partial charge in [-0.2, -0.15) is 0 Å². The van der Waals surface area contributed by atoms with Crippen LogP contribution in [-0.4, -0.2) is 34.7 Å². The summed E-state index contributed by atoms with van der Waals surface area (Å²) in [5.74, 6) is -0.211. The summed E-state index contributed by atoms with van der Waals surface area (Å²) in [5, 5.41) is 4.81. The molecule has 0 saturated heterocycles. The third-order valence-corrected chi connectivity index (χ3v) is 5.73. The lowest BCUT2D eigenvalue weighted by Gasteiger charge is -2.33. The second-order valence-electron chi connectivity index (χ2n) is 6.91. The topological polar surface area (TPSA) is 101 Å². The van der Waals surface area contributed by atoms with Gasteiger partial charge in [-0.3, -0.25) is 14.5 Å². The first-order valence-electron chi connectivity index (χ1n) is 8.74. The lowest BCUT2D eigenvalue weighted by molar-refractivity contribution is -0.128. The molecule has 1 aliphatic heterocycles. The predicted molar refractivity (Wildman–Crippen MR) is 110 cm³/mol. The number of amides is 2. The molecule has 7 nitrogen and oxygen atoms in total. The van der Waals surface area contributed by atoms with Crippen molar-refractivity contribution in [2.24, 2.45) is 10.7 Å². The monoisotopic (exact) mass is 393 g/mol. The van der Waals surface area contributed by atoms with Gasteiger partial charge in [-0.15, -0.1) is 11.3 Å². The Balaban J connectivity index is 1.60. The zero-order chi connectivity index (χ0) is 19.9. The SMILES string of the molecule is CN1C(=O)C[C@@](C)(c2cccc(NC(=O)c3ccc4sccc4n3)c2)N=C1N. The van der Waals surface area contributed by atoms with Crippen molar-refractivity contribution in [2.75, 3.05) is 12.4 Å². The van der Waals surface area contributed by atoms with Crippen LogP contribution in [0.4, 0.5) is 5.69 Å². The van der Waals surface area contributed by atoms with Crippen molar-refractivity contribution in [1.82, 2.24) is 9.88 Å². The summed E-state index contributed by atoms with van der Waals surface area (Å²) in [4.78, 5) is 35.1. The van der Waals surface area contributed by atoms with Gasteiger partial charge in [-0.25, -0.2) is 9.98 Å². The Morgan fingerprint density at radius 1 is 1.29 bits per heavy atom. The molecule has 28 heavy (non-hydrogen) atoms. The molecule has 3 N–H and O–H groups in total. The Morgan fingerprint density at radius 3 is 2.89 bits per heavy atom. The van der Waals surface area contributed by atoms with Crippen molar-refractivity contribution in [3.63, 3.8) is 0 Å². The smallest absolute Gasteiger partial charge is 0.274 e. The highest BCUT2D eigenvalue weighted by molar-refractivity contribution is 7.17. The summed E-state index contributed by atoms with van der Waals surface area (Å²) < 4.78 is 1.04. The van der Waals surface area contributed by atoms with Crippen LogP contribution >= 0.6 is 11.3 Å². The number of fused-ring (bicyclic) bond motifs is 1. The van der Waals surface area contributed by atoms with E-state index in [4.69, 9.17) is 5.73 Å². The molecular formula is C20H19N5O2S. The van der Waals surface area contributed by atoms with E-state index < -0.39 is 5.54 Å². The largest absolute Gasteiger partial charge is 0.369 e. The summed E-state index contributed by atoms with van der Waals surface area (Å²) in [6, 6.07) is 12.8. The van der Waals surface area contributed by atoms with E-state index in [0.717, 1.165) is 15.8 Å². The van der Waals surface area contributed by atoms with Crippen LogP contribution in [0, 0.1) is 0 Å². The van der Waals surface area contributed by atoms with Gasteiger partial charge in [-0.05, 0) is 48.2 Å². The maximum absolute atomic E-state index is 12.6. The van der Waals surface area contributed by atoms with E-state index in [-0.39, 0.29) is 24.2 Å². The van der Waals surface area contributed by atoms with Gasteiger partial charge < -0.3 is 11.1 Å². The van der Waals surface area contributed by atoms with E-state index in [1.807, 2.05) is 42.6 Å². The molecule has 1 atom stereocenters. The van der Waals surface area contributed by atoms with E-state index in [0.29, 0.717) is 11.4 Å². The zero-order valence-corrected chi connectivity index (χ0v) is 16.3. The van der Waals surface area contributed by atoms with Crippen molar-refractivity contribution in [3.05, 3.63) is 59.1 Å². The van der Waals surface area contributed by atoms with Gasteiger partial charge in [-0.1, -0.05) is 12.1 Å². The molecule has 0 radical (unpaired) electrons. The van der Waals surface area contributed by atoms with Crippen LogP contribution in [0.15, 0.2) is 52.8 Å².